The number of hydrogen-bond acceptors (Lipinski definition) is 4. The Morgan fingerprint density at radius 3 is 2.74 bits per heavy atom. The maximum atomic E-state index is 12.1. The number of nitrogens with zero attached hydrogens (tertiary/aromatic N) is 2. The van der Waals surface area contributed by atoms with Gasteiger partial charge in [-0.05, 0) is 23.9 Å². The van der Waals surface area contributed by atoms with Crippen LogP contribution >= 0.6 is 11.3 Å². The molecule has 0 bridgehead atoms. The van der Waals surface area contributed by atoms with E-state index < -0.39 is 10.0 Å². The monoisotopic (exact) mass is 300 g/mol. The molecule has 2 heterocycles. The van der Waals surface area contributed by atoms with Gasteiger partial charge in [0.15, 0.2) is 0 Å². The second-order valence-corrected chi connectivity index (χ2v) is 7.71. The fourth-order valence-corrected chi connectivity index (χ4v) is 3.41. The standard InChI is InChI=1S/C12H16N2O3S2/c1-13(2)19(16,17)9-3-6-14-7-4-11-10(12(14)15)5-8-18-11/h4-5,7-8H,3,6,9H2,1-2H3. The molecule has 0 aliphatic rings. The number of thiophene rings is 1. The Kier molecular flexibility index (Phi) is 4.07. The molecule has 5 nitrogen and oxygen atoms in total. The van der Waals surface area contributed by atoms with Crippen LogP contribution in [0.1, 0.15) is 6.42 Å². The van der Waals surface area contributed by atoms with Crippen LogP contribution < -0.4 is 5.56 Å². The number of aryl methyl sites for hydroxylation is 1. The highest BCUT2D eigenvalue weighted by Crippen LogP contribution is 2.16. The molecule has 0 saturated carbocycles. The molecule has 0 N–H and O–H groups in total. The molecule has 7 heteroatoms. The highest BCUT2D eigenvalue weighted by molar-refractivity contribution is 7.89. The molecular weight excluding hydrogens is 284 g/mol. The van der Waals surface area contributed by atoms with E-state index in [4.69, 9.17) is 0 Å². The number of aromatic nitrogens is 1. The van der Waals surface area contributed by atoms with Gasteiger partial charge in [0, 0.05) is 31.5 Å². The maximum Gasteiger partial charge on any atom is 0.259 e. The van der Waals surface area contributed by atoms with Gasteiger partial charge in [-0.15, -0.1) is 11.3 Å². The van der Waals surface area contributed by atoms with Crippen molar-refractivity contribution in [3.8, 4) is 0 Å². The summed E-state index contributed by atoms with van der Waals surface area (Å²) in [5, 5.41) is 2.58. The third-order valence-electron chi connectivity index (χ3n) is 2.95. The molecular formula is C12H16N2O3S2. The third-order valence-corrected chi connectivity index (χ3v) is 5.75. The normalized spacial score (nSPS) is 12.4. The molecule has 19 heavy (non-hydrogen) atoms. The number of hydrogen-bond donors (Lipinski definition) is 0. The predicted octanol–water partition coefficient (Wildman–Crippen LogP) is 1.34. The van der Waals surface area contributed by atoms with Crippen molar-refractivity contribution in [2.75, 3.05) is 19.8 Å². The van der Waals surface area contributed by atoms with E-state index >= 15 is 0 Å². The van der Waals surface area contributed by atoms with Gasteiger partial charge in [-0.3, -0.25) is 4.79 Å². The Bertz CT molecular complexity index is 729. The minimum atomic E-state index is -3.19. The van der Waals surface area contributed by atoms with Crippen molar-refractivity contribution in [3.05, 3.63) is 34.1 Å². The van der Waals surface area contributed by atoms with Crippen molar-refractivity contribution in [1.29, 1.82) is 0 Å². The molecule has 2 aromatic rings. The van der Waals surface area contributed by atoms with Crippen molar-refractivity contribution in [3.63, 3.8) is 0 Å². The molecule has 2 rings (SSSR count). The van der Waals surface area contributed by atoms with Crippen molar-refractivity contribution < 1.29 is 8.42 Å². The van der Waals surface area contributed by atoms with E-state index in [1.54, 1.807) is 16.8 Å². The summed E-state index contributed by atoms with van der Waals surface area (Å²) in [7, 11) is -0.167. The summed E-state index contributed by atoms with van der Waals surface area (Å²) in [6, 6.07) is 3.69. The molecule has 2 aromatic heterocycles. The SMILES string of the molecule is CN(C)S(=O)(=O)CCCn1ccc2sccc2c1=O. The average molecular weight is 300 g/mol. The van der Waals surface area contributed by atoms with E-state index in [1.165, 1.54) is 29.7 Å². The van der Waals surface area contributed by atoms with Crippen molar-refractivity contribution in [2.24, 2.45) is 0 Å². The summed E-state index contributed by atoms with van der Waals surface area (Å²) in [5.41, 5.74) is -0.0546. The van der Waals surface area contributed by atoms with Crippen molar-refractivity contribution >= 4 is 31.4 Å². The molecule has 0 radical (unpaired) electrons. The zero-order chi connectivity index (χ0) is 14.0. The Labute approximate surface area is 116 Å². The largest absolute Gasteiger partial charge is 0.315 e. The molecule has 0 aliphatic carbocycles. The van der Waals surface area contributed by atoms with Crippen LogP contribution in [-0.4, -0.2) is 37.1 Å². The zero-order valence-electron chi connectivity index (χ0n) is 10.9. The molecule has 0 unspecified atom stereocenters. The second-order valence-electron chi connectivity index (χ2n) is 4.46. The minimum absolute atomic E-state index is 0.0497. The Morgan fingerprint density at radius 2 is 2.05 bits per heavy atom. The van der Waals surface area contributed by atoms with Crippen LogP contribution in [0.3, 0.4) is 0 Å². The van der Waals surface area contributed by atoms with E-state index in [1.807, 2.05) is 11.4 Å². The molecule has 0 aliphatic heterocycles. The number of sulfonamides is 1. The molecule has 0 aromatic carbocycles. The molecule has 0 atom stereocenters. The van der Waals surface area contributed by atoms with Gasteiger partial charge in [-0.25, -0.2) is 12.7 Å². The lowest BCUT2D eigenvalue weighted by Gasteiger charge is -2.11. The van der Waals surface area contributed by atoms with Gasteiger partial charge < -0.3 is 4.57 Å². The van der Waals surface area contributed by atoms with Gasteiger partial charge >= 0.3 is 0 Å². The van der Waals surface area contributed by atoms with E-state index in [9.17, 15) is 13.2 Å². The topological polar surface area (TPSA) is 59.4 Å². The number of rotatable bonds is 5. The van der Waals surface area contributed by atoms with Crippen LogP contribution in [0.25, 0.3) is 10.1 Å². The van der Waals surface area contributed by atoms with Gasteiger partial charge in [-0.2, -0.15) is 0 Å². The number of pyridine rings is 1. The molecule has 104 valence electrons. The lowest BCUT2D eigenvalue weighted by atomic mass is 10.3. The van der Waals surface area contributed by atoms with Crippen LogP contribution in [0.15, 0.2) is 28.5 Å². The Balaban J connectivity index is 2.11. The van der Waals surface area contributed by atoms with E-state index in [0.717, 1.165) is 4.70 Å². The molecule has 0 fully saturated rings. The van der Waals surface area contributed by atoms with E-state index in [2.05, 4.69) is 0 Å². The predicted molar refractivity (Wildman–Crippen MR) is 78.2 cm³/mol. The summed E-state index contributed by atoms with van der Waals surface area (Å²) in [6.45, 7) is 0.414. The van der Waals surface area contributed by atoms with Crippen molar-refractivity contribution in [2.45, 2.75) is 13.0 Å². The summed E-state index contributed by atoms with van der Waals surface area (Å²) < 4.78 is 27.0. The summed E-state index contributed by atoms with van der Waals surface area (Å²) in [6.07, 6.45) is 2.15. The Hall–Kier alpha value is -1.18. The fourth-order valence-electron chi connectivity index (χ4n) is 1.78. The van der Waals surface area contributed by atoms with Gasteiger partial charge in [0.2, 0.25) is 10.0 Å². The van der Waals surface area contributed by atoms with Gasteiger partial charge in [0.25, 0.3) is 5.56 Å². The van der Waals surface area contributed by atoms with Crippen LogP contribution in [0.2, 0.25) is 0 Å². The van der Waals surface area contributed by atoms with Gasteiger partial charge in [-0.1, -0.05) is 0 Å². The van der Waals surface area contributed by atoms with E-state index in [-0.39, 0.29) is 11.3 Å². The van der Waals surface area contributed by atoms with Crippen LogP contribution in [0.5, 0.6) is 0 Å². The first-order chi connectivity index (χ1) is 8.92. The van der Waals surface area contributed by atoms with Crippen molar-refractivity contribution in [1.82, 2.24) is 8.87 Å². The number of fused-ring (bicyclic) bond motifs is 1. The van der Waals surface area contributed by atoms with Gasteiger partial charge in [0.1, 0.15) is 0 Å². The summed E-state index contributed by atoms with van der Waals surface area (Å²) in [4.78, 5) is 12.1. The maximum absolute atomic E-state index is 12.1. The van der Waals surface area contributed by atoms with Crippen LogP contribution in [0, 0.1) is 0 Å². The first-order valence-corrected chi connectivity index (χ1v) is 8.37. The first kappa shape index (κ1) is 14.2. The zero-order valence-corrected chi connectivity index (χ0v) is 12.5. The van der Waals surface area contributed by atoms with Gasteiger partial charge in [0.05, 0.1) is 11.1 Å². The smallest absolute Gasteiger partial charge is 0.259 e. The third kappa shape index (κ3) is 3.05. The van der Waals surface area contributed by atoms with Crippen LogP contribution in [0.4, 0.5) is 0 Å². The molecule has 0 amide bonds. The minimum Gasteiger partial charge on any atom is -0.315 e. The van der Waals surface area contributed by atoms with Crippen LogP contribution in [-0.2, 0) is 16.6 Å². The highest BCUT2D eigenvalue weighted by atomic mass is 32.2. The lowest BCUT2D eigenvalue weighted by Crippen LogP contribution is -2.27. The first-order valence-electron chi connectivity index (χ1n) is 5.89. The quantitative estimate of drug-likeness (QED) is 0.837. The second kappa shape index (κ2) is 5.44. The summed E-state index contributed by atoms with van der Waals surface area (Å²) in [5.74, 6) is 0.0497. The Morgan fingerprint density at radius 1 is 1.32 bits per heavy atom. The summed E-state index contributed by atoms with van der Waals surface area (Å²) >= 11 is 1.53. The molecule has 0 spiro atoms. The highest BCUT2D eigenvalue weighted by Gasteiger charge is 2.13. The fraction of sp³-hybridized carbons (Fsp3) is 0.417. The molecule has 0 saturated heterocycles. The average Bonchev–Trinajstić information content (AvgIpc) is 2.80. The van der Waals surface area contributed by atoms with E-state index in [0.29, 0.717) is 18.4 Å². The lowest BCUT2D eigenvalue weighted by molar-refractivity contribution is 0.514.